The third-order valence-electron chi connectivity index (χ3n) is 2.10. The molecule has 1 aliphatic rings. The van der Waals surface area contributed by atoms with Gasteiger partial charge in [0.15, 0.2) is 0 Å². The Morgan fingerprint density at radius 1 is 1.20 bits per heavy atom. The van der Waals surface area contributed by atoms with Crippen molar-refractivity contribution < 1.29 is 28.1 Å². The van der Waals surface area contributed by atoms with E-state index in [0.29, 0.717) is 0 Å². The molecule has 92 valence electrons. The lowest BCUT2D eigenvalue weighted by Gasteiger charge is -2.40. The Kier molecular flexibility index (Phi) is 3.83. The van der Waals surface area contributed by atoms with Crippen molar-refractivity contribution >= 4 is 19.9 Å². The molecule has 0 aliphatic carbocycles. The lowest BCUT2D eigenvalue weighted by molar-refractivity contribution is -0.336. The summed E-state index contributed by atoms with van der Waals surface area (Å²) in [7, 11) is 3.80. The van der Waals surface area contributed by atoms with Gasteiger partial charge in [-0.05, 0) is 0 Å². The fraction of sp³-hybridized carbons (Fsp3) is 1.00. The first-order valence-corrected chi connectivity index (χ1v) is 7.18. The molecule has 0 aromatic heterocycles. The van der Waals surface area contributed by atoms with Crippen LogP contribution in [0.25, 0.3) is 0 Å². The first kappa shape index (κ1) is 13.4. The number of hydrogen-bond donors (Lipinski definition) is 2. The van der Waals surface area contributed by atoms with Gasteiger partial charge in [-0.2, -0.15) is 22.4 Å². The fourth-order valence-electron chi connectivity index (χ4n) is 1.21. The molecule has 1 fully saturated rings. The predicted molar refractivity (Wildman–Crippen MR) is 52.1 cm³/mol. The molecule has 15 heavy (non-hydrogen) atoms. The molecule has 0 bridgehead atoms. The van der Waals surface area contributed by atoms with E-state index in [9.17, 15) is 13.2 Å². The molecule has 1 rings (SSSR count). The van der Waals surface area contributed by atoms with Gasteiger partial charge in [0, 0.05) is 11.5 Å². The van der Waals surface area contributed by atoms with Crippen LogP contribution in [0, 0.1) is 0 Å². The van der Waals surface area contributed by atoms with Crippen LogP contribution in [0.15, 0.2) is 0 Å². The SMILES string of the molecule is OC(O)(CS1(Cl)CCOCC1)C(F)(F)F. The van der Waals surface area contributed by atoms with E-state index in [2.05, 4.69) is 0 Å². The molecule has 0 aromatic rings. The molecule has 0 spiro atoms. The predicted octanol–water partition coefficient (Wildman–Crippen LogP) is 1.22. The van der Waals surface area contributed by atoms with Crippen LogP contribution in [0.4, 0.5) is 13.2 Å². The molecule has 1 saturated heterocycles. The van der Waals surface area contributed by atoms with Gasteiger partial charge in [0.05, 0.1) is 19.0 Å². The molecule has 0 unspecified atom stereocenters. The zero-order valence-corrected chi connectivity index (χ0v) is 9.33. The lowest BCUT2D eigenvalue weighted by Crippen LogP contribution is -2.50. The van der Waals surface area contributed by atoms with E-state index in [1.54, 1.807) is 0 Å². The first-order valence-electron chi connectivity index (χ1n) is 4.22. The number of halogens is 4. The van der Waals surface area contributed by atoms with Gasteiger partial charge in [0.25, 0.3) is 5.79 Å². The smallest absolute Gasteiger partial charge is 0.380 e. The zero-order chi connectivity index (χ0) is 11.7. The van der Waals surface area contributed by atoms with Gasteiger partial charge in [0.2, 0.25) is 0 Å². The highest BCUT2D eigenvalue weighted by Crippen LogP contribution is 2.57. The molecule has 0 atom stereocenters. The van der Waals surface area contributed by atoms with Crippen molar-refractivity contribution in [3.8, 4) is 0 Å². The highest BCUT2D eigenvalue weighted by Gasteiger charge is 2.55. The summed E-state index contributed by atoms with van der Waals surface area (Å²) in [6.45, 7) is 0.541. The summed E-state index contributed by atoms with van der Waals surface area (Å²) >= 11 is 0. The van der Waals surface area contributed by atoms with Crippen LogP contribution in [-0.2, 0) is 4.74 Å². The number of ether oxygens (including phenoxy) is 1. The normalized spacial score (nSPS) is 24.9. The largest absolute Gasteiger partial charge is 0.443 e. The molecular formula is C7H12ClF3O3S. The van der Waals surface area contributed by atoms with Gasteiger partial charge in [-0.1, -0.05) is 10.7 Å². The Bertz CT molecular complexity index is 228. The monoisotopic (exact) mass is 268 g/mol. The van der Waals surface area contributed by atoms with Gasteiger partial charge in [-0.15, -0.1) is 0 Å². The summed E-state index contributed by atoms with van der Waals surface area (Å²) in [5, 5.41) is 17.8. The Hall–Kier alpha value is 0.310. The maximum absolute atomic E-state index is 12.2. The van der Waals surface area contributed by atoms with E-state index >= 15 is 0 Å². The topological polar surface area (TPSA) is 49.7 Å². The molecular weight excluding hydrogens is 257 g/mol. The standard InChI is InChI=1S/C7H12ClF3O3S/c8-15(3-1-14-2-4-15)5-6(12,13)7(9,10)11/h12-13H,1-5H2. The van der Waals surface area contributed by atoms with Crippen LogP contribution in [0.5, 0.6) is 0 Å². The molecule has 8 heteroatoms. The van der Waals surface area contributed by atoms with Crippen molar-refractivity contribution in [1.82, 2.24) is 0 Å². The van der Waals surface area contributed by atoms with Gasteiger partial charge < -0.3 is 14.9 Å². The number of rotatable bonds is 2. The molecule has 1 aliphatic heterocycles. The van der Waals surface area contributed by atoms with Gasteiger partial charge in [-0.3, -0.25) is 0 Å². The van der Waals surface area contributed by atoms with Crippen molar-refractivity contribution in [2.45, 2.75) is 12.0 Å². The van der Waals surface area contributed by atoms with Crippen molar-refractivity contribution in [2.24, 2.45) is 0 Å². The van der Waals surface area contributed by atoms with E-state index < -0.39 is 27.0 Å². The summed E-state index contributed by atoms with van der Waals surface area (Å²) < 4.78 is 41.5. The van der Waals surface area contributed by atoms with Gasteiger partial charge in [0.1, 0.15) is 0 Å². The summed E-state index contributed by atoms with van der Waals surface area (Å²) in [5.41, 5.74) is 0. The maximum Gasteiger partial charge on any atom is 0.443 e. The molecule has 0 radical (unpaired) electrons. The fourth-order valence-corrected chi connectivity index (χ4v) is 4.25. The van der Waals surface area contributed by atoms with E-state index in [0.717, 1.165) is 0 Å². The average molecular weight is 269 g/mol. The minimum atomic E-state index is -5.07. The quantitative estimate of drug-likeness (QED) is 0.741. The number of alkyl halides is 3. The third kappa shape index (κ3) is 3.39. The minimum Gasteiger partial charge on any atom is -0.380 e. The highest BCUT2D eigenvalue weighted by molar-refractivity contribution is 8.51. The van der Waals surface area contributed by atoms with Gasteiger partial charge in [-0.25, -0.2) is 0 Å². The first-order chi connectivity index (χ1) is 6.66. The van der Waals surface area contributed by atoms with E-state index in [4.69, 9.17) is 25.6 Å². The van der Waals surface area contributed by atoms with Crippen molar-refractivity contribution in [1.29, 1.82) is 0 Å². The van der Waals surface area contributed by atoms with Crippen LogP contribution in [0.1, 0.15) is 0 Å². The van der Waals surface area contributed by atoms with Crippen molar-refractivity contribution in [3.63, 3.8) is 0 Å². The lowest BCUT2D eigenvalue weighted by atomic mass is 10.3. The number of hydrogen-bond acceptors (Lipinski definition) is 3. The Morgan fingerprint density at radius 2 is 1.67 bits per heavy atom. The van der Waals surface area contributed by atoms with Gasteiger partial charge >= 0.3 is 6.18 Å². The molecule has 3 nitrogen and oxygen atoms in total. The van der Waals surface area contributed by atoms with Crippen molar-refractivity contribution in [2.75, 3.05) is 30.5 Å². The third-order valence-corrected chi connectivity index (χ3v) is 6.07. The van der Waals surface area contributed by atoms with Crippen LogP contribution in [0.2, 0.25) is 0 Å². The van der Waals surface area contributed by atoms with Crippen LogP contribution < -0.4 is 0 Å². The Balaban J connectivity index is 2.67. The Labute approximate surface area is 91.0 Å². The second-order valence-corrected chi connectivity index (χ2v) is 8.37. The highest BCUT2D eigenvalue weighted by atomic mass is 35.7. The maximum atomic E-state index is 12.2. The van der Waals surface area contributed by atoms with Crippen LogP contribution >= 0.6 is 19.9 Å². The average Bonchev–Trinajstić information content (AvgIpc) is 2.00. The molecule has 2 N–H and O–H groups in total. The minimum absolute atomic E-state index is 0.257. The number of aliphatic hydroxyl groups is 2. The molecule has 0 aromatic carbocycles. The summed E-state index contributed by atoms with van der Waals surface area (Å²) in [6.07, 6.45) is -5.07. The summed E-state index contributed by atoms with van der Waals surface area (Å²) in [4.78, 5) is 0. The second-order valence-electron chi connectivity index (χ2n) is 3.42. The van der Waals surface area contributed by atoms with E-state index in [1.807, 2.05) is 0 Å². The van der Waals surface area contributed by atoms with E-state index in [-0.39, 0.29) is 24.7 Å². The molecule has 1 heterocycles. The van der Waals surface area contributed by atoms with Crippen molar-refractivity contribution in [3.05, 3.63) is 0 Å². The second kappa shape index (κ2) is 4.29. The molecule has 0 saturated carbocycles. The Morgan fingerprint density at radius 3 is 2.07 bits per heavy atom. The van der Waals surface area contributed by atoms with E-state index in [1.165, 1.54) is 0 Å². The summed E-state index contributed by atoms with van der Waals surface area (Å²) in [5.74, 6) is -4.03. The summed E-state index contributed by atoms with van der Waals surface area (Å²) in [6, 6.07) is 0. The molecule has 0 amide bonds. The zero-order valence-electron chi connectivity index (χ0n) is 7.76. The van der Waals surface area contributed by atoms with Crippen LogP contribution in [-0.4, -0.2) is 52.6 Å². The van der Waals surface area contributed by atoms with Crippen LogP contribution in [0.3, 0.4) is 0 Å².